The van der Waals surface area contributed by atoms with Gasteiger partial charge < -0.3 is 4.90 Å². The Bertz CT molecular complexity index is 1080. The van der Waals surface area contributed by atoms with Crippen LogP contribution < -0.4 is 4.90 Å². The second-order valence-corrected chi connectivity index (χ2v) is 12.9. The Labute approximate surface area is 216 Å². The zero-order valence-electron chi connectivity index (χ0n) is 24.6. The van der Waals surface area contributed by atoms with Crippen molar-refractivity contribution in [1.82, 2.24) is 0 Å². The van der Waals surface area contributed by atoms with Crippen LogP contribution in [-0.2, 0) is 5.41 Å². The van der Waals surface area contributed by atoms with Crippen LogP contribution in [0.1, 0.15) is 91.0 Å². The number of allylic oxidation sites excluding steroid dienone is 10. The van der Waals surface area contributed by atoms with Crippen molar-refractivity contribution in [1.29, 1.82) is 0 Å². The number of hydrogen-bond donors (Lipinski definition) is 1. The third kappa shape index (κ3) is 8.36. The second kappa shape index (κ2) is 11.6. The highest BCUT2D eigenvalue weighted by Crippen LogP contribution is 2.38. The third-order valence-corrected chi connectivity index (χ3v) is 6.33. The number of nitrogens with one attached hydrogen (secondary N) is 1. The fraction of sp³-hybridized carbons (Fsp3) is 0.471. The monoisotopic (exact) mass is 472 g/mol. The molecule has 0 aliphatic heterocycles. The van der Waals surface area contributed by atoms with Gasteiger partial charge in [-0.3, -0.25) is 0 Å². The molecular weight excluding hydrogens is 422 g/mol. The first-order valence-electron chi connectivity index (χ1n) is 13.2. The summed E-state index contributed by atoms with van der Waals surface area (Å²) in [6, 6.07) is 4.81. The maximum absolute atomic E-state index is 2.42. The summed E-state index contributed by atoms with van der Waals surface area (Å²) in [6.45, 7) is 22.4. The van der Waals surface area contributed by atoms with E-state index in [2.05, 4.69) is 144 Å². The molecule has 1 N–H and O–H groups in total. The lowest BCUT2D eigenvalue weighted by atomic mass is 9.79. The molecule has 3 rings (SSSR count). The molecule has 0 saturated heterocycles. The molecule has 0 heterocycles. The lowest BCUT2D eigenvalue weighted by Gasteiger charge is -2.26. The van der Waals surface area contributed by atoms with E-state index in [1.807, 2.05) is 0 Å². The van der Waals surface area contributed by atoms with Gasteiger partial charge in [-0.05, 0) is 89.1 Å². The predicted molar refractivity (Wildman–Crippen MR) is 158 cm³/mol. The molecule has 2 aliphatic rings. The Morgan fingerprint density at radius 3 is 2.14 bits per heavy atom. The molecule has 1 aromatic carbocycles. The van der Waals surface area contributed by atoms with E-state index in [0.717, 1.165) is 6.42 Å². The van der Waals surface area contributed by atoms with Gasteiger partial charge in [0, 0.05) is 5.92 Å². The van der Waals surface area contributed by atoms with E-state index in [0.29, 0.717) is 11.3 Å². The van der Waals surface area contributed by atoms with Gasteiger partial charge in [-0.25, -0.2) is 0 Å². The van der Waals surface area contributed by atoms with Gasteiger partial charge in [-0.1, -0.05) is 96.6 Å². The van der Waals surface area contributed by atoms with Crippen molar-refractivity contribution in [2.75, 3.05) is 14.1 Å². The number of benzene rings is 1. The first-order chi connectivity index (χ1) is 16.1. The lowest BCUT2D eigenvalue weighted by molar-refractivity contribution is -0.801. The molecule has 1 atom stereocenters. The van der Waals surface area contributed by atoms with Gasteiger partial charge >= 0.3 is 0 Å². The largest absolute Gasteiger partial charge is 0.313 e. The summed E-state index contributed by atoms with van der Waals surface area (Å²) < 4.78 is 0. The Morgan fingerprint density at radius 1 is 0.971 bits per heavy atom. The molecular formula is C34H50N+. The molecule has 190 valence electrons. The van der Waals surface area contributed by atoms with Gasteiger partial charge in [0.15, 0.2) is 0 Å². The van der Waals surface area contributed by atoms with Crippen molar-refractivity contribution in [2.45, 2.75) is 81.1 Å². The van der Waals surface area contributed by atoms with E-state index in [1.165, 1.54) is 49.4 Å². The summed E-state index contributed by atoms with van der Waals surface area (Å²) in [5, 5.41) is 0. The first kappa shape index (κ1) is 28.9. The van der Waals surface area contributed by atoms with Gasteiger partial charge in [0.1, 0.15) is 0 Å². The summed E-state index contributed by atoms with van der Waals surface area (Å²) in [4.78, 5) is 1.31. The fourth-order valence-electron chi connectivity index (χ4n) is 4.16. The minimum absolute atomic E-state index is 0.102. The Morgan fingerprint density at radius 2 is 1.60 bits per heavy atom. The van der Waals surface area contributed by atoms with Gasteiger partial charge in [0.05, 0.1) is 20.3 Å². The normalized spacial score (nSPS) is 21.0. The number of quaternary nitrogens is 1. The molecule has 35 heavy (non-hydrogen) atoms. The summed E-state index contributed by atoms with van der Waals surface area (Å²) >= 11 is 0. The fourth-order valence-corrected chi connectivity index (χ4v) is 4.16. The Kier molecular flexibility index (Phi) is 9.54. The van der Waals surface area contributed by atoms with Crippen LogP contribution in [0.3, 0.4) is 0 Å². The topological polar surface area (TPSA) is 4.44 Å². The van der Waals surface area contributed by atoms with Crippen LogP contribution in [0.5, 0.6) is 0 Å². The van der Waals surface area contributed by atoms with Crippen LogP contribution in [0.15, 0.2) is 71.5 Å². The highest BCUT2D eigenvalue weighted by Gasteiger charge is 2.22. The van der Waals surface area contributed by atoms with E-state index in [9.17, 15) is 0 Å². The molecule has 0 amide bonds. The number of rotatable bonds is 3. The Hall–Kier alpha value is -2.38. The lowest BCUT2D eigenvalue weighted by Crippen LogP contribution is -3.00. The second-order valence-electron chi connectivity index (χ2n) is 12.9. The predicted octanol–water partition coefficient (Wildman–Crippen LogP) is 8.25. The van der Waals surface area contributed by atoms with Crippen LogP contribution >= 0.6 is 0 Å². The summed E-state index contributed by atoms with van der Waals surface area (Å²) in [5.41, 5.74) is 11.4. The zero-order valence-corrected chi connectivity index (χ0v) is 24.6. The average Bonchev–Trinajstić information content (AvgIpc) is 2.71. The molecule has 1 aromatic rings. The van der Waals surface area contributed by atoms with E-state index < -0.39 is 0 Å². The zero-order chi connectivity index (χ0) is 26.6. The molecule has 1 unspecified atom stereocenters. The van der Waals surface area contributed by atoms with Crippen molar-refractivity contribution >= 4 is 11.6 Å². The smallest absolute Gasteiger partial charge is 0.0943 e. The molecule has 4 bridgehead atoms. The molecule has 0 fully saturated rings. The minimum atomic E-state index is 0.102. The van der Waals surface area contributed by atoms with E-state index in [4.69, 9.17) is 0 Å². The van der Waals surface area contributed by atoms with Gasteiger partial charge in [0.25, 0.3) is 0 Å². The van der Waals surface area contributed by atoms with Gasteiger partial charge in [0.2, 0.25) is 0 Å². The van der Waals surface area contributed by atoms with Crippen LogP contribution in [0.2, 0.25) is 0 Å². The van der Waals surface area contributed by atoms with Gasteiger partial charge in [-0.2, -0.15) is 0 Å². The van der Waals surface area contributed by atoms with E-state index in [-0.39, 0.29) is 5.41 Å². The van der Waals surface area contributed by atoms with Gasteiger partial charge in [-0.15, -0.1) is 0 Å². The number of hydrogen-bond acceptors (Lipinski definition) is 0. The molecule has 0 spiro atoms. The summed E-state index contributed by atoms with van der Waals surface area (Å²) in [5.74, 6) is 0.470. The molecule has 1 nitrogen and oxygen atoms in total. The molecule has 0 aromatic heterocycles. The molecule has 2 aliphatic carbocycles. The minimum Gasteiger partial charge on any atom is -0.313 e. The maximum atomic E-state index is 2.42. The van der Waals surface area contributed by atoms with E-state index >= 15 is 0 Å². The van der Waals surface area contributed by atoms with Crippen LogP contribution in [0, 0.1) is 18.3 Å². The molecule has 0 saturated carbocycles. The van der Waals surface area contributed by atoms with Crippen LogP contribution in [0.25, 0.3) is 11.6 Å². The summed E-state index contributed by atoms with van der Waals surface area (Å²) in [6.07, 6.45) is 19.6. The van der Waals surface area contributed by atoms with Crippen molar-refractivity contribution in [3.05, 3.63) is 93.8 Å². The van der Waals surface area contributed by atoms with Crippen molar-refractivity contribution < 1.29 is 4.90 Å². The SMILES string of the molecule is C/C=C(\C=C/[NH+](C)C)C1=C/C2=C(C)C(/C=C\c3cc(C(C)(C)C)cc\1c3C)CC=C2.CC(C)(C)C. The first-order valence-corrected chi connectivity index (χ1v) is 13.2. The molecule has 1 heteroatoms. The summed E-state index contributed by atoms with van der Waals surface area (Å²) in [7, 11) is 4.31. The molecule has 0 radical (unpaired) electrons. The Balaban J connectivity index is 0.000000784. The maximum Gasteiger partial charge on any atom is 0.0943 e. The number of fused-ring (bicyclic) bond motifs is 3. The highest BCUT2D eigenvalue weighted by atomic mass is 15.0. The van der Waals surface area contributed by atoms with E-state index in [1.54, 1.807) is 0 Å². The third-order valence-electron chi connectivity index (χ3n) is 6.33. The average molecular weight is 473 g/mol. The van der Waals surface area contributed by atoms with Crippen molar-refractivity contribution in [3.63, 3.8) is 0 Å². The highest BCUT2D eigenvalue weighted by molar-refractivity contribution is 5.87. The van der Waals surface area contributed by atoms with Crippen molar-refractivity contribution in [2.24, 2.45) is 11.3 Å². The standard InChI is InChI=1S/C29H37N.C5H12/c1-9-22(15-16-30(7)8)28-18-24-12-10-11-23(20(24)2)13-14-25-17-26(29(4,5)6)19-27(28)21(25)3;1-5(2,3)4/h9-10,12-19,23H,11H2,1-8H3;1-4H3/p+1/b14-13-,16-15-,22-9+,28-18-;. The van der Waals surface area contributed by atoms with Crippen molar-refractivity contribution in [3.8, 4) is 0 Å². The quantitative estimate of drug-likeness (QED) is 0.422. The van der Waals surface area contributed by atoms with Crippen LogP contribution in [-0.4, -0.2) is 14.1 Å². The van der Waals surface area contributed by atoms with Crippen LogP contribution in [0.4, 0.5) is 0 Å².